The Morgan fingerprint density at radius 3 is 2.44 bits per heavy atom. The van der Waals surface area contributed by atoms with Crippen molar-refractivity contribution in [1.29, 1.82) is 0 Å². The standard InChI is InChI=1S/C11H11NO6/c1-17-10(13)6-7-3-4-8(11(14)18-2)5-9(7)12(15)16/h3-5H,6H2,1-2H3. The van der Waals surface area contributed by atoms with Crippen LogP contribution < -0.4 is 0 Å². The van der Waals surface area contributed by atoms with Crippen LogP contribution in [-0.4, -0.2) is 31.1 Å². The van der Waals surface area contributed by atoms with Crippen LogP contribution in [0.3, 0.4) is 0 Å². The molecule has 0 unspecified atom stereocenters. The first-order chi connectivity index (χ1) is 8.49. The number of rotatable bonds is 4. The number of methoxy groups -OCH3 is 2. The van der Waals surface area contributed by atoms with Gasteiger partial charge in [0, 0.05) is 11.6 Å². The minimum atomic E-state index is -0.678. The number of hydrogen-bond acceptors (Lipinski definition) is 6. The molecule has 1 rings (SSSR count). The van der Waals surface area contributed by atoms with Crippen LogP contribution in [0.1, 0.15) is 15.9 Å². The predicted octanol–water partition coefficient (Wildman–Crippen LogP) is 1.10. The lowest BCUT2D eigenvalue weighted by atomic mass is 10.1. The third-order valence-electron chi connectivity index (χ3n) is 2.27. The molecule has 0 aromatic heterocycles. The van der Waals surface area contributed by atoms with E-state index in [4.69, 9.17) is 0 Å². The lowest BCUT2D eigenvalue weighted by Gasteiger charge is -2.04. The highest BCUT2D eigenvalue weighted by molar-refractivity contribution is 5.90. The quantitative estimate of drug-likeness (QED) is 0.453. The summed E-state index contributed by atoms with van der Waals surface area (Å²) in [6.07, 6.45) is -0.228. The van der Waals surface area contributed by atoms with E-state index in [1.54, 1.807) is 0 Å². The molecule has 0 N–H and O–H groups in total. The van der Waals surface area contributed by atoms with Crippen molar-refractivity contribution in [3.8, 4) is 0 Å². The van der Waals surface area contributed by atoms with Gasteiger partial charge in [-0.15, -0.1) is 0 Å². The van der Waals surface area contributed by atoms with Gasteiger partial charge in [-0.25, -0.2) is 4.79 Å². The van der Waals surface area contributed by atoms with Gasteiger partial charge in [-0.2, -0.15) is 0 Å². The van der Waals surface area contributed by atoms with Crippen molar-refractivity contribution in [3.63, 3.8) is 0 Å². The lowest BCUT2D eigenvalue weighted by molar-refractivity contribution is -0.385. The number of carbonyl (C=O) groups excluding carboxylic acids is 2. The number of nitro groups is 1. The number of nitro benzene ring substituents is 1. The van der Waals surface area contributed by atoms with E-state index in [0.717, 1.165) is 6.07 Å². The third kappa shape index (κ3) is 3.03. The molecular weight excluding hydrogens is 242 g/mol. The molecule has 1 aromatic carbocycles. The van der Waals surface area contributed by atoms with Crippen LogP contribution in [0, 0.1) is 10.1 Å². The van der Waals surface area contributed by atoms with Crippen molar-refractivity contribution >= 4 is 17.6 Å². The number of hydrogen-bond donors (Lipinski definition) is 0. The molecule has 0 saturated heterocycles. The van der Waals surface area contributed by atoms with Gasteiger partial charge in [-0.05, 0) is 6.07 Å². The van der Waals surface area contributed by atoms with Crippen LogP contribution in [0.4, 0.5) is 5.69 Å². The Kier molecular flexibility index (Phi) is 4.36. The summed E-state index contributed by atoms with van der Waals surface area (Å²) in [6, 6.07) is 3.77. The van der Waals surface area contributed by atoms with Crippen molar-refractivity contribution in [3.05, 3.63) is 39.4 Å². The van der Waals surface area contributed by atoms with Crippen molar-refractivity contribution in [2.75, 3.05) is 14.2 Å². The molecule has 96 valence electrons. The van der Waals surface area contributed by atoms with Crippen molar-refractivity contribution in [2.45, 2.75) is 6.42 Å². The van der Waals surface area contributed by atoms with Gasteiger partial charge in [0.25, 0.3) is 5.69 Å². The Hall–Kier alpha value is -2.44. The largest absolute Gasteiger partial charge is 0.469 e. The summed E-state index contributed by atoms with van der Waals surface area (Å²) in [5, 5.41) is 10.9. The Morgan fingerprint density at radius 2 is 1.94 bits per heavy atom. The number of esters is 2. The van der Waals surface area contributed by atoms with Gasteiger partial charge in [-0.1, -0.05) is 6.07 Å². The third-order valence-corrected chi connectivity index (χ3v) is 2.27. The van der Waals surface area contributed by atoms with Crippen LogP contribution in [0.15, 0.2) is 18.2 Å². The molecule has 0 spiro atoms. The second-order valence-corrected chi connectivity index (χ2v) is 3.35. The first kappa shape index (κ1) is 13.6. The fraction of sp³-hybridized carbons (Fsp3) is 0.273. The van der Waals surface area contributed by atoms with E-state index in [1.807, 2.05) is 0 Å². The molecular formula is C11H11NO6. The van der Waals surface area contributed by atoms with E-state index < -0.39 is 16.9 Å². The van der Waals surface area contributed by atoms with Crippen molar-refractivity contribution in [2.24, 2.45) is 0 Å². The first-order valence-electron chi connectivity index (χ1n) is 4.92. The summed E-state index contributed by atoms with van der Waals surface area (Å²) >= 11 is 0. The molecule has 18 heavy (non-hydrogen) atoms. The van der Waals surface area contributed by atoms with Crippen LogP contribution in [-0.2, 0) is 20.7 Å². The molecule has 0 aliphatic carbocycles. The Morgan fingerprint density at radius 1 is 1.28 bits per heavy atom. The summed E-state index contributed by atoms with van der Waals surface area (Å²) in [4.78, 5) is 32.5. The van der Waals surface area contributed by atoms with Gasteiger partial charge in [0.2, 0.25) is 0 Å². The molecule has 0 aliphatic heterocycles. The van der Waals surface area contributed by atoms with Crippen LogP contribution >= 0.6 is 0 Å². The Labute approximate surface area is 102 Å². The predicted molar refractivity (Wildman–Crippen MR) is 60.2 cm³/mol. The molecule has 0 radical (unpaired) electrons. The monoisotopic (exact) mass is 253 g/mol. The first-order valence-corrected chi connectivity index (χ1v) is 4.92. The summed E-state index contributed by atoms with van der Waals surface area (Å²) in [6.45, 7) is 0. The topological polar surface area (TPSA) is 95.7 Å². The molecule has 0 bridgehead atoms. The zero-order valence-electron chi connectivity index (χ0n) is 9.84. The Balaban J connectivity index is 3.16. The molecule has 7 heteroatoms. The lowest BCUT2D eigenvalue weighted by Crippen LogP contribution is -2.08. The fourth-order valence-corrected chi connectivity index (χ4v) is 1.36. The maximum absolute atomic E-state index is 11.2. The van der Waals surface area contributed by atoms with Crippen molar-refractivity contribution in [1.82, 2.24) is 0 Å². The summed E-state index contributed by atoms with van der Waals surface area (Å²) in [7, 11) is 2.37. The highest BCUT2D eigenvalue weighted by atomic mass is 16.6. The molecule has 0 fully saturated rings. The molecule has 7 nitrogen and oxygen atoms in total. The zero-order chi connectivity index (χ0) is 13.7. The Bertz CT molecular complexity index is 496. The number of benzene rings is 1. The average Bonchev–Trinajstić information content (AvgIpc) is 2.37. The molecule has 0 saturated carbocycles. The second-order valence-electron chi connectivity index (χ2n) is 3.35. The summed E-state index contributed by atoms with van der Waals surface area (Å²) in [5.74, 6) is -1.27. The smallest absolute Gasteiger partial charge is 0.338 e. The molecule has 0 aliphatic rings. The van der Waals surface area contributed by atoms with E-state index in [2.05, 4.69) is 9.47 Å². The number of ether oxygens (including phenoxy) is 2. The van der Waals surface area contributed by atoms with Gasteiger partial charge in [0.15, 0.2) is 0 Å². The average molecular weight is 253 g/mol. The van der Waals surface area contributed by atoms with Crippen LogP contribution in [0.25, 0.3) is 0 Å². The molecule has 0 heterocycles. The highest BCUT2D eigenvalue weighted by Gasteiger charge is 2.19. The van der Waals surface area contributed by atoms with Crippen LogP contribution in [0.2, 0.25) is 0 Å². The van der Waals surface area contributed by atoms with Crippen molar-refractivity contribution < 1.29 is 24.0 Å². The van der Waals surface area contributed by atoms with Gasteiger partial charge < -0.3 is 9.47 Å². The SMILES string of the molecule is COC(=O)Cc1ccc(C(=O)OC)cc1[N+](=O)[O-]. The van der Waals surface area contributed by atoms with Gasteiger partial charge in [-0.3, -0.25) is 14.9 Å². The number of carbonyl (C=O) groups is 2. The van der Waals surface area contributed by atoms with Crippen LogP contribution in [0.5, 0.6) is 0 Å². The van der Waals surface area contributed by atoms with E-state index in [-0.39, 0.29) is 23.2 Å². The van der Waals surface area contributed by atoms with Gasteiger partial charge in [0.1, 0.15) is 0 Å². The summed E-state index contributed by atoms with van der Waals surface area (Å²) < 4.78 is 8.89. The summed E-state index contributed by atoms with van der Waals surface area (Å²) in [5.41, 5.74) is -0.0828. The van der Waals surface area contributed by atoms with Gasteiger partial charge in [0.05, 0.1) is 31.1 Å². The second kappa shape index (κ2) is 5.76. The molecule has 0 atom stereocenters. The normalized spacial score (nSPS) is 9.67. The minimum absolute atomic E-state index is 0.0535. The van der Waals surface area contributed by atoms with E-state index >= 15 is 0 Å². The maximum atomic E-state index is 11.2. The fourth-order valence-electron chi connectivity index (χ4n) is 1.36. The minimum Gasteiger partial charge on any atom is -0.469 e. The highest BCUT2D eigenvalue weighted by Crippen LogP contribution is 2.21. The van der Waals surface area contributed by atoms with E-state index in [0.29, 0.717) is 0 Å². The number of nitrogens with zero attached hydrogens (tertiary/aromatic N) is 1. The van der Waals surface area contributed by atoms with E-state index in [9.17, 15) is 19.7 Å². The van der Waals surface area contributed by atoms with E-state index in [1.165, 1.54) is 26.4 Å². The maximum Gasteiger partial charge on any atom is 0.338 e. The molecule has 1 aromatic rings. The van der Waals surface area contributed by atoms with Gasteiger partial charge >= 0.3 is 11.9 Å². The zero-order valence-corrected chi connectivity index (χ0v) is 9.84. The molecule has 0 amide bonds.